The summed E-state index contributed by atoms with van der Waals surface area (Å²) in [5, 5.41) is 19.1. The van der Waals surface area contributed by atoms with Crippen LogP contribution in [0, 0.1) is 57.2 Å². The molecule has 0 aromatic heterocycles. The van der Waals surface area contributed by atoms with E-state index in [-0.39, 0.29) is 11.8 Å². The molecule has 5 fully saturated rings. The summed E-state index contributed by atoms with van der Waals surface area (Å²) in [5.41, 5.74) is -7.46. The molecular formula is C17H16F6N2S. The van der Waals surface area contributed by atoms with Crippen molar-refractivity contribution in [1.29, 1.82) is 10.5 Å². The molecular weight excluding hydrogens is 378 g/mol. The molecule has 26 heavy (non-hydrogen) atoms. The van der Waals surface area contributed by atoms with Gasteiger partial charge in [-0.05, 0) is 55.8 Å². The van der Waals surface area contributed by atoms with E-state index in [0.717, 1.165) is 18.6 Å². The van der Waals surface area contributed by atoms with E-state index in [9.17, 15) is 36.9 Å². The maximum Gasteiger partial charge on any atom is 0.410 e. The van der Waals surface area contributed by atoms with Crippen molar-refractivity contribution in [2.45, 2.75) is 49.2 Å². The third-order valence-electron chi connectivity index (χ3n) is 7.37. The molecule has 5 aliphatic rings. The molecule has 0 N–H and O–H groups in total. The van der Waals surface area contributed by atoms with Crippen LogP contribution in [0.4, 0.5) is 26.3 Å². The minimum atomic E-state index is -5.44. The fourth-order valence-corrected chi connectivity index (χ4v) is 9.00. The number of hydrogen-bond acceptors (Lipinski definition) is 3. The molecule has 1 aliphatic heterocycles. The van der Waals surface area contributed by atoms with Crippen molar-refractivity contribution < 1.29 is 26.3 Å². The monoisotopic (exact) mass is 394 g/mol. The first-order valence-electron chi connectivity index (χ1n) is 8.59. The highest BCUT2D eigenvalue weighted by atomic mass is 32.2. The van der Waals surface area contributed by atoms with Gasteiger partial charge in [-0.1, -0.05) is 0 Å². The molecule has 4 aliphatic carbocycles. The lowest BCUT2D eigenvalue weighted by atomic mass is 9.42. The third-order valence-corrected chi connectivity index (χ3v) is 9.40. The number of alkyl halides is 6. The molecule has 1 spiro atoms. The maximum absolute atomic E-state index is 14.4. The van der Waals surface area contributed by atoms with Crippen molar-refractivity contribution in [3.8, 4) is 12.1 Å². The van der Waals surface area contributed by atoms with Crippen LogP contribution in [0.3, 0.4) is 0 Å². The molecule has 4 saturated carbocycles. The number of hydrogen-bond donors (Lipinski definition) is 0. The van der Waals surface area contributed by atoms with Gasteiger partial charge in [-0.2, -0.15) is 48.6 Å². The van der Waals surface area contributed by atoms with E-state index in [4.69, 9.17) is 0 Å². The van der Waals surface area contributed by atoms with Gasteiger partial charge in [0.15, 0.2) is 10.8 Å². The van der Waals surface area contributed by atoms with Gasteiger partial charge >= 0.3 is 12.4 Å². The summed E-state index contributed by atoms with van der Waals surface area (Å²) in [5.74, 6) is -1.75. The number of rotatable bonds is 0. The molecule has 2 atom stereocenters. The first-order chi connectivity index (χ1) is 12.0. The zero-order chi connectivity index (χ0) is 19.2. The van der Waals surface area contributed by atoms with Crippen LogP contribution in [0.2, 0.25) is 0 Å². The normalized spacial score (nSPS) is 50.0. The molecule has 0 amide bonds. The van der Waals surface area contributed by atoms with Gasteiger partial charge in [0.2, 0.25) is 0 Å². The fraction of sp³-hybridized carbons (Fsp3) is 0.882. The Morgan fingerprint density at radius 3 is 1.62 bits per heavy atom. The summed E-state index contributed by atoms with van der Waals surface area (Å²) in [6, 6.07) is 2.06. The van der Waals surface area contributed by atoms with E-state index in [1.165, 1.54) is 0 Å². The Labute approximate surface area is 150 Å². The average molecular weight is 394 g/mol. The molecule has 0 radical (unpaired) electrons. The lowest BCUT2D eigenvalue weighted by Gasteiger charge is -2.64. The Morgan fingerprint density at radius 2 is 1.27 bits per heavy atom. The predicted octanol–water partition coefficient (Wildman–Crippen LogP) is 5.07. The maximum atomic E-state index is 14.4. The quantitative estimate of drug-likeness (QED) is 0.539. The van der Waals surface area contributed by atoms with Crippen LogP contribution < -0.4 is 0 Å². The van der Waals surface area contributed by atoms with E-state index in [1.807, 2.05) is 0 Å². The van der Waals surface area contributed by atoms with Crippen molar-refractivity contribution in [1.82, 2.24) is 0 Å². The average Bonchev–Trinajstić information content (AvgIpc) is 2.84. The Kier molecular flexibility index (Phi) is 3.54. The molecule has 5 rings (SSSR count). The van der Waals surface area contributed by atoms with Crippen molar-refractivity contribution >= 4 is 11.8 Å². The largest absolute Gasteiger partial charge is 0.410 e. The molecule has 0 aromatic rings. The SMILES string of the molecule is N#C[C@@]1(C(F)(F)F)C2(SC[C@]1(C#N)C(F)(F)F)C1CC3CC(C1)CC2C3. The van der Waals surface area contributed by atoms with Crippen molar-refractivity contribution in [3.63, 3.8) is 0 Å². The zero-order valence-electron chi connectivity index (χ0n) is 13.6. The minimum absolute atomic E-state index is 0.233. The van der Waals surface area contributed by atoms with Crippen LogP contribution >= 0.6 is 11.8 Å². The molecule has 0 unspecified atom stereocenters. The fourth-order valence-electron chi connectivity index (χ4n) is 6.69. The predicted molar refractivity (Wildman–Crippen MR) is 80.4 cm³/mol. The molecule has 1 saturated heterocycles. The summed E-state index contributed by atoms with van der Waals surface area (Å²) in [7, 11) is 0. The Hall–Kier alpha value is -1.09. The number of halogens is 6. The molecule has 4 bridgehead atoms. The first kappa shape index (κ1) is 18.3. The van der Waals surface area contributed by atoms with Crippen LogP contribution in [0.15, 0.2) is 0 Å². The van der Waals surface area contributed by atoms with Crippen LogP contribution in [-0.2, 0) is 0 Å². The van der Waals surface area contributed by atoms with Gasteiger partial charge in [0, 0.05) is 5.75 Å². The van der Waals surface area contributed by atoms with E-state index < -0.39 is 45.5 Å². The van der Waals surface area contributed by atoms with Gasteiger partial charge in [-0.3, -0.25) is 0 Å². The molecule has 9 heteroatoms. The van der Waals surface area contributed by atoms with Crippen molar-refractivity contribution in [2.24, 2.45) is 34.5 Å². The van der Waals surface area contributed by atoms with Crippen LogP contribution in [0.1, 0.15) is 32.1 Å². The van der Waals surface area contributed by atoms with E-state index in [0.29, 0.717) is 37.4 Å². The van der Waals surface area contributed by atoms with Crippen LogP contribution in [0.5, 0.6) is 0 Å². The summed E-state index contributed by atoms with van der Waals surface area (Å²) < 4.78 is 83.1. The van der Waals surface area contributed by atoms with E-state index in [1.54, 1.807) is 0 Å². The van der Waals surface area contributed by atoms with E-state index >= 15 is 0 Å². The first-order valence-corrected chi connectivity index (χ1v) is 9.57. The third kappa shape index (κ3) is 1.72. The highest BCUT2D eigenvalue weighted by Gasteiger charge is 2.90. The molecule has 1 heterocycles. The topological polar surface area (TPSA) is 47.6 Å². The highest BCUT2D eigenvalue weighted by molar-refractivity contribution is 8.01. The van der Waals surface area contributed by atoms with Crippen LogP contribution in [-0.4, -0.2) is 22.9 Å². The van der Waals surface area contributed by atoms with Gasteiger partial charge in [0.1, 0.15) is 0 Å². The van der Waals surface area contributed by atoms with Gasteiger partial charge in [0.05, 0.1) is 16.9 Å². The molecule has 0 aromatic carbocycles. The van der Waals surface area contributed by atoms with Gasteiger partial charge < -0.3 is 0 Å². The summed E-state index contributed by atoms with van der Waals surface area (Å²) in [4.78, 5) is 0. The van der Waals surface area contributed by atoms with Gasteiger partial charge in [-0.25, -0.2) is 0 Å². The van der Waals surface area contributed by atoms with Gasteiger partial charge in [0.25, 0.3) is 0 Å². The molecule has 142 valence electrons. The number of thioether (sulfide) groups is 1. The van der Waals surface area contributed by atoms with Crippen LogP contribution in [0.25, 0.3) is 0 Å². The minimum Gasteiger partial charge on any atom is -0.197 e. The zero-order valence-corrected chi connectivity index (χ0v) is 14.4. The Balaban J connectivity index is 2.01. The second kappa shape index (κ2) is 5.04. The Morgan fingerprint density at radius 1 is 0.769 bits per heavy atom. The van der Waals surface area contributed by atoms with E-state index in [2.05, 4.69) is 0 Å². The lowest BCUT2D eigenvalue weighted by Crippen LogP contribution is -2.71. The molecule has 2 nitrogen and oxygen atoms in total. The summed E-state index contributed by atoms with van der Waals surface area (Å²) in [6.45, 7) is 0. The highest BCUT2D eigenvalue weighted by Crippen LogP contribution is 2.80. The number of nitriles is 2. The van der Waals surface area contributed by atoms with Crippen molar-refractivity contribution in [3.05, 3.63) is 0 Å². The van der Waals surface area contributed by atoms with Crippen molar-refractivity contribution in [2.75, 3.05) is 5.75 Å². The number of nitrogens with zero attached hydrogens (tertiary/aromatic N) is 2. The summed E-state index contributed by atoms with van der Waals surface area (Å²) >= 11 is 0.612. The summed E-state index contributed by atoms with van der Waals surface area (Å²) in [6.07, 6.45) is -8.23. The Bertz CT molecular complexity index is 689. The lowest BCUT2D eigenvalue weighted by molar-refractivity contribution is -0.316. The second-order valence-electron chi connectivity index (χ2n) is 8.26. The second-order valence-corrected chi connectivity index (χ2v) is 9.51. The van der Waals surface area contributed by atoms with Gasteiger partial charge in [-0.15, -0.1) is 0 Å². The standard InChI is InChI=1S/C17H16F6N2S/c18-16(19,20)13(6-24)8-26-15(14(13,7-25)17(21,22)23)11-2-9-1-10(4-11)5-12(15)3-9/h9-12H,1-5,8H2/t9?,10?,11?,12?,13-,14-,15?/m0/s1. The smallest absolute Gasteiger partial charge is 0.197 e.